The second-order valence-corrected chi connectivity index (χ2v) is 5.92. The molecular weight excluding hydrogens is 244 g/mol. The molecule has 0 aliphatic carbocycles. The van der Waals surface area contributed by atoms with Crippen LogP contribution in [0.1, 0.15) is 25.6 Å². The normalized spacial score (nSPS) is 11.2. The fraction of sp³-hybridized carbons (Fsp3) is 0.538. The standard InChI is InChI=1S/C13H20N4S/c1-6-14-13-15-11(17(5)8(2)3)10-7-9(4)18-12(10)16-13/h7-8H,6H2,1-5H3,(H,14,15,16). The minimum absolute atomic E-state index is 0.415. The molecule has 0 saturated heterocycles. The molecule has 2 aromatic rings. The van der Waals surface area contributed by atoms with E-state index in [1.807, 2.05) is 0 Å². The van der Waals surface area contributed by atoms with E-state index in [1.165, 1.54) is 4.88 Å². The third kappa shape index (κ3) is 2.41. The van der Waals surface area contributed by atoms with Crippen molar-refractivity contribution in [2.24, 2.45) is 0 Å². The highest BCUT2D eigenvalue weighted by Gasteiger charge is 2.15. The molecule has 2 rings (SSSR count). The number of anilines is 2. The third-order valence-corrected chi connectivity index (χ3v) is 3.88. The molecule has 2 aromatic heterocycles. The first-order valence-corrected chi connectivity index (χ1v) is 7.09. The van der Waals surface area contributed by atoms with Crippen molar-refractivity contribution in [2.45, 2.75) is 33.7 Å². The molecule has 0 atom stereocenters. The average molecular weight is 264 g/mol. The minimum Gasteiger partial charge on any atom is -0.357 e. The first-order valence-electron chi connectivity index (χ1n) is 6.27. The van der Waals surface area contributed by atoms with Gasteiger partial charge in [0.1, 0.15) is 10.6 Å². The molecule has 18 heavy (non-hydrogen) atoms. The zero-order valence-corrected chi connectivity index (χ0v) is 12.4. The van der Waals surface area contributed by atoms with Gasteiger partial charge >= 0.3 is 0 Å². The van der Waals surface area contributed by atoms with Crippen molar-refractivity contribution in [3.8, 4) is 0 Å². The number of fused-ring (bicyclic) bond motifs is 1. The molecule has 2 heterocycles. The Kier molecular flexibility index (Phi) is 3.71. The van der Waals surface area contributed by atoms with Gasteiger partial charge in [0, 0.05) is 24.5 Å². The van der Waals surface area contributed by atoms with Crippen LogP contribution in [0.2, 0.25) is 0 Å². The van der Waals surface area contributed by atoms with Crippen LogP contribution in [0, 0.1) is 6.92 Å². The lowest BCUT2D eigenvalue weighted by molar-refractivity contribution is 0.746. The van der Waals surface area contributed by atoms with Gasteiger partial charge in [-0.3, -0.25) is 0 Å². The second kappa shape index (κ2) is 5.10. The van der Waals surface area contributed by atoms with Crippen LogP contribution in [-0.4, -0.2) is 29.6 Å². The van der Waals surface area contributed by atoms with Crippen molar-refractivity contribution in [1.82, 2.24) is 9.97 Å². The number of hydrogen-bond donors (Lipinski definition) is 1. The highest BCUT2D eigenvalue weighted by Crippen LogP contribution is 2.31. The average Bonchev–Trinajstić information content (AvgIpc) is 2.67. The number of nitrogens with one attached hydrogen (secondary N) is 1. The number of hydrogen-bond acceptors (Lipinski definition) is 5. The molecule has 0 bridgehead atoms. The van der Waals surface area contributed by atoms with Crippen LogP contribution < -0.4 is 10.2 Å². The van der Waals surface area contributed by atoms with E-state index in [-0.39, 0.29) is 0 Å². The molecule has 5 heteroatoms. The lowest BCUT2D eigenvalue weighted by Crippen LogP contribution is -2.27. The number of thiophene rings is 1. The predicted octanol–water partition coefficient (Wildman–Crippen LogP) is 3.28. The Morgan fingerprint density at radius 1 is 1.39 bits per heavy atom. The van der Waals surface area contributed by atoms with E-state index >= 15 is 0 Å². The Balaban J connectivity index is 2.59. The van der Waals surface area contributed by atoms with E-state index in [4.69, 9.17) is 0 Å². The summed E-state index contributed by atoms with van der Waals surface area (Å²) in [5.74, 6) is 1.73. The summed E-state index contributed by atoms with van der Waals surface area (Å²) in [6.07, 6.45) is 0. The Labute approximate surface area is 112 Å². The molecule has 0 aromatic carbocycles. The molecule has 1 N–H and O–H groups in total. The molecule has 0 aliphatic heterocycles. The van der Waals surface area contributed by atoms with E-state index in [2.05, 4.69) is 61.0 Å². The molecule has 0 aliphatic rings. The van der Waals surface area contributed by atoms with Gasteiger partial charge in [-0.15, -0.1) is 11.3 Å². The number of aromatic nitrogens is 2. The van der Waals surface area contributed by atoms with Gasteiger partial charge in [-0.1, -0.05) is 0 Å². The van der Waals surface area contributed by atoms with Crippen LogP contribution in [-0.2, 0) is 0 Å². The van der Waals surface area contributed by atoms with E-state index in [0.717, 1.165) is 22.6 Å². The van der Waals surface area contributed by atoms with Gasteiger partial charge in [0.2, 0.25) is 5.95 Å². The first kappa shape index (κ1) is 13.1. The lowest BCUT2D eigenvalue weighted by atomic mass is 10.3. The Morgan fingerprint density at radius 2 is 2.11 bits per heavy atom. The van der Waals surface area contributed by atoms with Crippen molar-refractivity contribution in [3.05, 3.63) is 10.9 Å². The van der Waals surface area contributed by atoms with Gasteiger partial charge in [-0.25, -0.2) is 4.98 Å². The minimum atomic E-state index is 0.415. The molecule has 0 spiro atoms. The maximum absolute atomic E-state index is 4.64. The van der Waals surface area contributed by atoms with Crippen LogP contribution in [0.3, 0.4) is 0 Å². The summed E-state index contributed by atoms with van der Waals surface area (Å²) in [6.45, 7) is 9.33. The number of nitrogens with zero attached hydrogens (tertiary/aromatic N) is 3. The maximum atomic E-state index is 4.64. The summed E-state index contributed by atoms with van der Waals surface area (Å²) in [6, 6.07) is 2.59. The fourth-order valence-electron chi connectivity index (χ4n) is 1.78. The summed E-state index contributed by atoms with van der Waals surface area (Å²) in [7, 11) is 2.08. The van der Waals surface area contributed by atoms with Crippen molar-refractivity contribution in [3.63, 3.8) is 0 Å². The van der Waals surface area contributed by atoms with Gasteiger partial charge in [0.15, 0.2) is 0 Å². The van der Waals surface area contributed by atoms with E-state index in [9.17, 15) is 0 Å². The van der Waals surface area contributed by atoms with Crippen LogP contribution in [0.4, 0.5) is 11.8 Å². The highest BCUT2D eigenvalue weighted by atomic mass is 32.1. The lowest BCUT2D eigenvalue weighted by Gasteiger charge is -2.23. The van der Waals surface area contributed by atoms with E-state index in [1.54, 1.807) is 11.3 Å². The van der Waals surface area contributed by atoms with Gasteiger partial charge in [0.05, 0.1) is 5.39 Å². The number of rotatable bonds is 4. The van der Waals surface area contributed by atoms with E-state index in [0.29, 0.717) is 12.0 Å². The highest BCUT2D eigenvalue weighted by molar-refractivity contribution is 7.18. The molecular formula is C13H20N4S. The second-order valence-electron chi connectivity index (χ2n) is 4.68. The summed E-state index contributed by atoms with van der Waals surface area (Å²) in [5.41, 5.74) is 0. The zero-order chi connectivity index (χ0) is 13.3. The summed E-state index contributed by atoms with van der Waals surface area (Å²) >= 11 is 1.72. The Morgan fingerprint density at radius 3 is 2.72 bits per heavy atom. The van der Waals surface area contributed by atoms with Gasteiger partial charge in [-0.2, -0.15) is 4.98 Å². The molecule has 98 valence electrons. The zero-order valence-electron chi connectivity index (χ0n) is 11.6. The summed E-state index contributed by atoms with van der Waals surface area (Å²) in [4.78, 5) is 13.7. The molecule has 0 saturated carbocycles. The molecule has 0 radical (unpaired) electrons. The smallest absolute Gasteiger partial charge is 0.226 e. The molecule has 0 amide bonds. The van der Waals surface area contributed by atoms with Crippen molar-refractivity contribution < 1.29 is 0 Å². The van der Waals surface area contributed by atoms with Crippen molar-refractivity contribution in [1.29, 1.82) is 0 Å². The van der Waals surface area contributed by atoms with Crippen molar-refractivity contribution in [2.75, 3.05) is 23.8 Å². The maximum Gasteiger partial charge on any atom is 0.226 e. The Bertz CT molecular complexity index is 547. The van der Waals surface area contributed by atoms with Gasteiger partial charge in [0.25, 0.3) is 0 Å². The monoisotopic (exact) mass is 264 g/mol. The molecule has 4 nitrogen and oxygen atoms in total. The summed E-state index contributed by atoms with van der Waals surface area (Å²) < 4.78 is 0. The van der Waals surface area contributed by atoms with Crippen LogP contribution in [0.25, 0.3) is 10.2 Å². The van der Waals surface area contributed by atoms with Crippen LogP contribution in [0.5, 0.6) is 0 Å². The summed E-state index contributed by atoms with van der Waals surface area (Å²) in [5, 5.41) is 4.35. The largest absolute Gasteiger partial charge is 0.357 e. The van der Waals surface area contributed by atoms with Gasteiger partial charge < -0.3 is 10.2 Å². The van der Waals surface area contributed by atoms with E-state index < -0.39 is 0 Å². The predicted molar refractivity (Wildman–Crippen MR) is 79.9 cm³/mol. The molecule has 0 fully saturated rings. The third-order valence-electron chi connectivity index (χ3n) is 2.94. The van der Waals surface area contributed by atoms with Gasteiger partial charge in [-0.05, 0) is 33.8 Å². The molecule has 0 unspecified atom stereocenters. The fourth-order valence-corrected chi connectivity index (χ4v) is 2.65. The van der Waals surface area contributed by atoms with Crippen LogP contribution in [0.15, 0.2) is 6.07 Å². The van der Waals surface area contributed by atoms with Crippen LogP contribution >= 0.6 is 11.3 Å². The first-order chi connectivity index (χ1) is 8.52. The SMILES string of the molecule is CCNc1nc(N(C)C(C)C)c2cc(C)sc2n1. The Hall–Kier alpha value is -1.36. The quantitative estimate of drug-likeness (QED) is 0.920. The van der Waals surface area contributed by atoms with Crippen molar-refractivity contribution >= 4 is 33.3 Å². The number of aryl methyl sites for hydroxylation is 1. The topological polar surface area (TPSA) is 41.1 Å².